The number of anilines is 1. The molecule has 0 bridgehead atoms. The zero-order chi connectivity index (χ0) is 19.2. The van der Waals surface area contributed by atoms with Gasteiger partial charge in [0.25, 0.3) is 11.6 Å². The molecule has 0 N–H and O–H groups in total. The summed E-state index contributed by atoms with van der Waals surface area (Å²) in [5, 5.41) is 3.66. The van der Waals surface area contributed by atoms with Crippen molar-refractivity contribution in [2.24, 2.45) is 0 Å². The molecule has 3 heterocycles. The number of aromatic nitrogens is 4. The Hall–Kier alpha value is -2.68. The van der Waals surface area contributed by atoms with Gasteiger partial charge in [-0.3, -0.25) is 0 Å². The maximum atomic E-state index is 13.0. The number of alkyl halides is 3. The quantitative estimate of drug-likeness (QED) is 0.685. The highest BCUT2D eigenvalue weighted by molar-refractivity contribution is 5.48. The Morgan fingerprint density at radius 3 is 2.56 bits per heavy atom. The molecule has 1 aromatic carbocycles. The molecule has 0 aliphatic carbocycles. The Morgan fingerprint density at radius 1 is 1.11 bits per heavy atom. The standard InChI is InChI=1S/C18H18F3N5O/c1-11-8-15(26-17(22-11)23-16(24-26)18(19,20)21)25-9-12(2)27-14(10-25)13-6-4-3-5-7-13/h3-8,12,14H,9-10H2,1-2H3. The van der Waals surface area contributed by atoms with Crippen molar-refractivity contribution in [2.75, 3.05) is 18.0 Å². The van der Waals surface area contributed by atoms with Gasteiger partial charge < -0.3 is 9.64 Å². The van der Waals surface area contributed by atoms with Gasteiger partial charge in [-0.1, -0.05) is 30.3 Å². The molecule has 0 spiro atoms. The highest BCUT2D eigenvalue weighted by atomic mass is 19.4. The Labute approximate surface area is 153 Å². The van der Waals surface area contributed by atoms with Gasteiger partial charge in [-0.25, -0.2) is 4.98 Å². The van der Waals surface area contributed by atoms with Gasteiger partial charge >= 0.3 is 6.18 Å². The average Bonchev–Trinajstić information content (AvgIpc) is 3.05. The Kier molecular flexibility index (Phi) is 4.26. The van der Waals surface area contributed by atoms with Crippen LogP contribution in [0.15, 0.2) is 36.4 Å². The van der Waals surface area contributed by atoms with Crippen molar-refractivity contribution < 1.29 is 17.9 Å². The molecule has 2 unspecified atom stereocenters. The van der Waals surface area contributed by atoms with Crippen LogP contribution in [-0.2, 0) is 10.9 Å². The first-order valence-corrected chi connectivity index (χ1v) is 8.58. The molecule has 1 saturated heterocycles. The number of fused-ring (bicyclic) bond motifs is 1. The minimum absolute atomic E-state index is 0.0623. The Morgan fingerprint density at radius 2 is 1.85 bits per heavy atom. The largest absolute Gasteiger partial charge is 0.453 e. The van der Waals surface area contributed by atoms with Crippen LogP contribution in [0.5, 0.6) is 0 Å². The van der Waals surface area contributed by atoms with Crippen molar-refractivity contribution in [1.29, 1.82) is 0 Å². The van der Waals surface area contributed by atoms with Crippen molar-refractivity contribution in [1.82, 2.24) is 19.6 Å². The number of hydrogen-bond donors (Lipinski definition) is 0. The van der Waals surface area contributed by atoms with E-state index in [0.717, 1.165) is 10.1 Å². The smallest absolute Gasteiger partial charge is 0.367 e. The molecule has 6 nitrogen and oxygen atoms in total. The van der Waals surface area contributed by atoms with Crippen LogP contribution < -0.4 is 4.90 Å². The predicted octanol–water partition coefficient (Wildman–Crippen LogP) is 3.42. The van der Waals surface area contributed by atoms with Crippen molar-refractivity contribution in [2.45, 2.75) is 32.2 Å². The summed E-state index contributed by atoms with van der Waals surface area (Å²) >= 11 is 0. The summed E-state index contributed by atoms with van der Waals surface area (Å²) in [5.41, 5.74) is 1.60. The van der Waals surface area contributed by atoms with Gasteiger partial charge in [-0.15, -0.1) is 5.10 Å². The van der Waals surface area contributed by atoms with Gasteiger partial charge in [0.05, 0.1) is 6.10 Å². The lowest BCUT2D eigenvalue weighted by atomic mass is 10.1. The molecular weight excluding hydrogens is 359 g/mol. The normalized spacial score (nSPS) is 21.0. The molecular formula is C18H18F3N5O. The summed E-state index contributed by atoms with van der Waals surface area (Å²) in [6, 6.07) is 11.5. The molecule has 1 fully saturated rings. The Balaban J connectivity index is 1.75. The summed E-state index contributed by atoms with van der Waals surface area (Å²) in [4.78, 5) is 9.62. The number of aryl methyl sites for hydroxylation is 1. The summed E-state index contributed by atoms with van der Waals surface area (Å²) in [6.45, 7) is 4.69. The molecule has 9 heteroatoms. The van der Waals surface area contributed by atoms with E-state index < -0.39 is 12.0 Å². The monoisotopic (exact) mass is 377 g/mol. The van der Waals surface area contributed by atoms with Crippen LogP contribution in [0.2, 0.25) is 0 Å². The van der Waals surface area contributed by atoms with E-state index in [2.05, 4.69) is 15.1 Å². The predicted molar refractivity (Wildman–Crippen MR) is 92.5 cm³/mol. The molecule has 27 heavy (non-hydrogen) atoms. The van der Waals surface area contributed by atoms with Crippen LogP contribution in [0.3, 0.4) is 0 Å². The van der Waals surface area contributed by atoms with E-state index in [1.165, 1.54) is 0 Å². The highest BCUT2D eigenvalue weighted by Gasteiger charge is 2.37. The Bertz CT molecular complexity index is 957. The third-order valence-electron chi connectivity index (χ3n) is 4.43. The summed E-state index contributed by atoms with van der Waals surface area (Å²) in [6.07, 6.45) is -4.91. The molecule has 4 rings (SSSR count). The van der Waals surface area contributed by atoms with Crippen molar-refractivity contribution in [3.05, 3.63) is 53.5 Å². The van der Waals surface area contributed by atoms with Crippen LogP contribution in [0.25, 0.3) is 5.78 Å². The SMILES string of the molecule is Cc1cc(N2CC(C)OC(c3ccccc3)C2)n2nc(C(F)(F)F)nc2n1. The zero-order valence-electron chi connectivity index (χ0n) is 14.8. The molecule has 0 saturated carbocycles. The molecule has 2 atom stereocenters. The van der Waals surface area contributed by atoms with Crippen LogP contribution >= 0.6 is 0 Å². The topological polar surface area (TPSA) is 55.6 Å². The van der Waals surface area contributed by atoms with Gasteiger partial charge in [0.2, 0.25) is 0 Å². The van der Waals surface area contributed by atoms with Gasteiger partial charge in [0.1, 0.15) is 11.9 Å². The lowest BCUT2D eigenvalue weighted by Gasteiger charge is -2.38. The summed E-state index contributed by atoms with van der Waals surface area (Å²) in [7, 11) is 0. The second-order valence-electron chi connectivity index (χ2n) is 6.65. The first-order valence-electron chi connectivity index (χ1n) is 8.58. The second-order valence-corrected chi connectivity index (χ2v) is 6.65. The van der Waals surface area contributed by atoms with E-state index in [1.807, 2.05) is 42.2 Å². The molecule has 0 amide bonds. The highest BCUT2D eigenvalue weighted by Crippen LogP contribution is 2.31. The molecule has 2 aromatic heterocycles. The first kappa shape index (κ1) is 17.7. The van der Waals surface area contributed by atoms with Crippen LogP contribution in [0.1, 0.15) is 30.1 Å². The zero-order valence-corrected chi connectivity index (χ0v) is 14.8. The summed E-state index contributed by atoms with van der Waals surface area (Å²) < 4.78 is 46.3. The molecule has 1 aliphatic heterocycles. The van der Waals surface area contributed by atoms with E-state index in [-0.39, 0.29) is 18.0 Å². The molecule has 3 aromatic rings. The van der Waals surface area contributed by atoms with E-state index in [4.69, 9.17) is 4.74 Å². The third kappa shape index (κ3) is 3.46. The number of benzene rings is 1. The first-order chi connectivity index (χ1) is 12.8. The van der Waals surface area contributed by atoms with Crippen LogP contribution in [0.4, 0.5) is 19.0 Å². The fourth-order valence-corrected chi connectivity index (χ4v) is 3.30. The number of rotatable bonds is 2. The third-order valence-corrected chi connectivity index (χ3v) is 4.43. The minimum atomic E-state index is -4.62. The lowest BCUT2D eigenvalue weighted by molar-refractivity contribution is -0.144. The van der Waals surface area contributed by atoms with E-state index in [9.17, 15) is 13.2 Å². The van der Waals surface area contributed by atoms with Crippen molar-refractivity contribution in [3.8, 4) is 0 Å². The van der Waals surface area contributed by atoms with E-state index in [1.54, 1.807) is 13.0 Å². The summed E-state index contributed by atoms with van der Waals surface area (Å²) in [5.74, 6) is -0.730. The van der Waals surface area contributed by atoms with Crippen molar-refractivity contribution >= 4 is 11.6 Å². The van der Waals surface area contributed by atoms with E-state index >= 15 is 0 Å². The average molecular weight is 377 g/mol. The number of nitrogens with zero attached hydrogens (tertiary/aromatic N) is 5. The molecule has 1 aliphatic rings. The fourth-order valence-electron chi connectivity index (χ4n) is 3.30. The second kappa shape index (κ2) is 6.49. The molecule has 142 valence electrons. The van der Waals surface area contributed by atoms with Gasteiger partial charge in [0.15, 0.2) is 0 Å². The van der Waals surface area contributed by atoms with E-state index in [0.29, 0.717) is 24.6 Å². The minimum Gasteiger partial charge on any atom is -0.367 e. The number of morpholine rings is 1. The van der Waals surface area contributed by atoms with Gasteiger partial charge in [-0.05, 0) is 19.4 Å². The fraction of sp³-hybridized carbons (Fsp3) is 0.389. The van der Waals surface area contributed by atoms with Crippen LogP contribution in [-0.4, -0.2) is 38.8 Å². The maximum Gasteiger partial charge on any atom is 0.453 e. The number of hydrogen-bond acceptors (Lipinski definition) is 5. The molecule has 0 radical (unpaired) electrons. The number of ether oxygens (including phenoxy) is 1. The number of halogens is 3. The maximum absolute atomic E-state index is 13.0. The lowest BCUT2D eigenvalue weighted by Crippen LogP contribution is -2.43. The van der Waals surface area contributed by atoms with Gasteiger partial charge in [-0.2, -0.15) is 22.7 Å². The van der Waals surface area contributed by atoms with Gasteiger partial charge in [0, 0.05) is 24.8 Å². The van der Waals surface area contributed by atoms with Crippen LogP contribution in [0, 0.1) is 6.92 Å². The van der Waals surface area contributed by atoms with Crippen molar-refractivity contribution in [3.63, 3.8) is 0 Å².